The Morgan fingerprint density at radius 3 is 2.65 bits per heavy atom. The van der Waals surface area contributed by atoms with Gasteiger partial charge in [0.2, 0.25) is 0 Å². The van der Waals surface area contributed by atoms with E-state index in [9.17, 15) is 23.1 Å². The van der Waals surface area contributed by atoms with Crippen molar-refractivity contribution < 1.29 is 37.7 Å². The van der Waals surface area contributed by atoms with Gasteiger partial charge in [0.05, 0.1) is 12.7 Å². The van der Waals surface area contributed by atoms with Gasteiger partial charge in [0.15, 0.2) is 0 Å². The number of hydrogen-bond acceptors (Lipinski definition) is 4. The molecule has 26 heavy (non-hydrogen) atoms. The van der Waals surface area contributed by atoms with Crippen LogP contribution >= 0.6 is 0 Å². The van der Waals surface area contributed by atoms with Gasteiger partial charge in [-0.15, -0.1) is 0 Å². The zero-order valence-electron chi connectivity index (χ0n) is 14.0. The number of carbonyl (C=O) groups is 1. The highest BCUT2D eigenvalue weighted by Crippen LogP contribution is 2.41. The first-order chi connectivity index (χ1) is 12.3. The largest absolute Gasteiger partial charge is 0.508 e. The number of hydrogen-bond donors (Lipinski definition) is 2. The molecular weight excluding hydrogens is 353 g/mol. The summed E-state index contributed by atoms with van der Waals surface area (Å²) in [5.41, 5.74) is 0.286. The Balaban J connectivity index is 2.05. The number of rotatable bonds is 7. The predicted octanol–water partition coefficient (Wildman–Crippen LogP) is 4.19. The van der Waals surface area contributed by atoms with E-state index in [-0.39, 0.29) is 24.3 Å². The third-order valence-corrected chi connectivity index (χ3v) is 4.04. The van der Waals surface area contributed by atoms with Crippen molar-refractivity contribution in [3.05, 3.63) is 42.0 Å². The van der Waals surface area contributed by atoms with E-state index >= 15 is 0 Å². The summed E-state index contributed by atoms with van der Waals surface area (Å²) in [4.78, 5) is 10.5. The number of phenolic OH excluding ortho intramolecular Hbond substituents is 1. The summed E-state index contributed by atoms with van der Waals surface area (Å²) in [6, 6.07) is 6.13. The highest BCUT2D eigenvalue weighted by atomic mass is 19.4. The maximum absolute atomic E-state index is 12.9. The number of aromatic hydroxyl groups is 1. The molecule has 0 aliphatic carbocycles. The van der Waals surface area contributed by atoms with Crippen LogP contribution in [0.2, 0.25) is 0 Å². The maximum Gasteiger partial charge on any atom is 0.440 e. The molecule has 1 aromatic carbocycles. The Kier molecular flexibility index (Phi) is 7.05. The molecule has 0 radical (unpaired) electrons. The second-order valence-corrected chi connectivity index (χ2v) is 6.08. The van der Waals surface area contributed by atoms with E-state index in [1.165, 1.54) is 12.1 Å². The van der Waals surface area contributed by atoms with E-state index < -0.39 is 30.5 Å². The van der Waals surface area contributed by atoms with Gasteiger partial charge in [-0.2, -0.15) is 13.2 Å². The van der Waals surface area contributed by atoms with Gasteiger partial charge >= 0.3 is 12.1 Å². The van der Waals surface area contributed by atoms with Gasteiger partial charge in [-0.1, -0.05) is 30.4 Å². The molecule has 2 N–H and O–H groups in total. The van der Waals surface area contributed by atoms with Gasteiger partial charge < -0.3 is 19.7 Å². The Morgan fingerprint density at radius 2 is 2.00 bits per heavy atom. The van der Waals surface area contributed by atoms with Crippen LogP contribution in [0.1, 0.15) is 37.4 Å². The lowest BCUT2D eigenvalue weighted by Gasteiger charge is -2.37. The van der Waals surface area contributed by atoms with E-state index in [0.29, 0.717) is 19.3 Å². The van der Waals surface area contributed by atoms with E-state index in [2.05, 4.69) is 0 Å². The number of carboxylic acid groups (broad SMARTS) is 1. The first-order valence-corrected chi connectivity index (χ1v) is 8.27. The number of aliphatic carboxylic acids is 1. The minimum atomic E-state index is -4.65. The highest BCUT2D eigenvalue weighted by molar-refractivity contribution is 5.66. The van der Waals surface area contributed by atoms with Crippen molar-refractivity contribution in [2.75, 3.05) is 6.61 Å². The second-order valence-electron chi connectivity index (χ2n) is 6.08. The van der Waals surface area contributed by atoms with Crippen LogP contribution in [-0.2, 0) is 14.3 Å². The lowest BCUT2D eigenvalue weighted by atomic mass is 9.91. The summed E-state index contributed by atoms with van der Waals surface area (Å²) in [5, 5.41) is 18.6. The molecule has 1 aliphatic rings. The number of phenols is 1. The SMILES string of the molecule is O=C(O)CCC/C=C\C[C@@H]1CO[C@H](C(F)(F)F)O[C@@H]1c1ccccc1O. The minimum Gasteiger partial charge on any atom is -0.508 e. The molecule has 2 rings (SSSR count). The molecule has 144 valence electrons. The molecule has 0 aromatic heterocycles. The molecule has 1 aliphatic heterocycles. The van der Waals surface area contributed by atoms with Crippen LogP contribution in [0.15, 0.2) is 36.4 Å². The first-order valence-electron chi connectivity index (χ1n) is 8.27. The van der Waals surface area contributed by atoms with Crippen molar-refractivity contribution in [2.45, 2.75) is 44.3 Å². The lowest BCUT2D eigenvalue weighted by Crippen LogP contribution is -2.43. The van der Waals surface area contributed by atoms with Crippen molar-refractivity contribution in [3.63, 3.8) is 0 Å². The fraction of sp³-hybridized carbons (Fsp3) is 0.500. The molecule has 0 bridgehead atoms. The molecule has 1 aromatic rings. The topological polar surface area (TPSA) is 76.0 Å². The van der Waals surface area contributed by atoms with E-state index in [1.807, 2.05) is 0 Å². The molecule has 8 heteroatoms. The van der Waals surface area contributed by atoms with Gasteiger partial charge in [-0.3, -0.25) is 4.79 Å². The molecule has 1 fully saturated rings. The van der Waals surface area contributed by atoms with Crippen LogP contribution in [0, 0.1) is 5.92 Å². The summed E-state index contributed by atoms with van der Waals surface area (Å²) >= 11 is 0. The smallest absolute Gasteiger partial charge is 0.440 e. The number of allylic oxidation sites excluding steroid dienone is 2. The van der Waals surface area contributed by atoms with Crippen molar-refractivity contribution >= 4 is 5.97 Å². The predicted molar refractivity (Wildman–Crippen MR) is 86.5 cm³/mol. The quantitative estimate of drug-likeness (QED) is 0.553. The summed E-state index contributed by atoms with van der Waals surface area (Å²) < 4.78 is 48.8. The lowest BCUT2D eigenvalue weighted by molar-refractivity contribution is -0.353. The fourth-order valence-electron chi connectivity index (χ4n) is 2.76. The Hall–Kier alpha value is -2.06. The zero-order chi connectivity index (χ0) is 19.2. The Morgan fingerprint density at radius 1 is 1.27 bits per heavy atom. The van der Waals surface area contributed by atoms with E-state index in [0.717, 1.165) is 0 Å². The molecule has 0 amide bonds. The first kappa shape index (κ1) is 20.3. The summed E-state index contributed by atoms with van der Waals surface area (Å²) in [6.07, 6.45) is -2.87. The number of alkyl halides is 3. The molecule has 0 saturated carbocycles. The number of halogens is 3. The average Bonchev–Trinajstić information content (AvgIpc) is 2.57. The number of ether oxygens (including phenoxy) is 2. The fourth-order valence-corrected chi connectivity index (χ4v) is 2.76. The monoisotopic (exact) mass is 374 g/mol. The Bertz CT molecular complexity index is 629. The summed E-state index contributed by atoms with van der Waals surface area (Å²) in [6.45, 7) is -0.164. The summed E-state index contributed by atoms with van der Waals surface area (Å²) in [5.74, 6) is -1.40. The van der Waals surface area contributed by atoms with Crippen molar-refractivity contribution in [1.82, 2.24) is 0 Å². The molecule has 5 nitrogen and oxygen atoms in total. The number of carboxylic acids is 1. The molecule has 0 unspecified atom stereocenters. The van der Waals surface area contributed by atoms with Crippen molar-refractivity contribution in [1.29, 1.82) is 0 Å². The van der Waals surface area contributed by atoms with Gasteiger partial charge in [-0.05, 0) is 25.3 Å². The van der Waals surface area contributed by atoms with Crippen molar-refractivity contribution in [3.8, 4) is 5.75 Å². The average molecular weight is 374 g/mol. The standard InChI is InChI=1S/C18H21F3O5/c19-18(20,21)17-25-11-12(7-3-1-2-4-10-15(23)24)16(26-17)13-8-5-6-9-14(13)22/h1,3,5-6,8-9,12,16-17,22H,2,4,7,10-11H2,(H,23,24)/b3-1-/t12-,16+,17+/m1/s1. The van der Waals surface area contributed by atoms with Crippen molar-refractivity contribution in [2.24, 2.45) is 5.92 Å². The minimum absolute atomic E-state index is 0.0633. The Labute approximate surface area is 149 Å². The van der Waals surface area contributed by atoms with Crippen LogP contribution in [0.4, 0.5) is 13.2 Å². The molecule has 3 atom stereocenters. The molecule has 0 spiro atoms. The number of unbranched alkanes of at least 4 members (excludes halogenated alkanes) is 1. The van der Waals surface area contributed by atoms with Gasteiger partial charge in [0.25, 0.3) is 6.29 Å². The van der Waals surface area contributed by atoms with Crippen LogP contribution in [0.25, 0.3) is 0 Å². The van der Waals surface area contributed by atoms with Crippen LogP contribution in [0.5, 0.6) is 5.75 Å². The third kappa shape index (κ3) is 5.74. The van der Waals surface area contributed by atoms with E-state index in [4.69, 9.17) is 14.6 Å². The zero-order valence-corrected chi connectivity index (χ0v) is 14.0. The van der Waals surface area contributed by atoms with Crippen LogP contribution < -0.4 is 0 Å². The molecular formula is C18H21F3O5. The maximum atomic E-state index is 12.9. The number of para-hydroxylation sites is 1. The highest BCUT2D eigenvalue weighted by Gasteiger charge is 2.48. The summed E-state index contributed by atoms with van der Waals surface area (Å²) in [7, 11) is 0. The second kappa shape index (κ2) is 9.05. The van der Waals surface area contributed by atoms with E-state index in [1.54, 1.807) is 24.3 Å². The van der Waals surface area contributed by atoms with Gasteiger partial charge in [-0.25, -0.2) is 0 Å². The molecule has 1 saturated heterocycles. The van der Waals surface area contributed by atoms with Gasteiger partial charge in [0, 0.05) is 17.9 Å². The molecule has 1 heterocycles. The van der Waals surface area contributed by atoms with Crippen LogP contribution in [-0.4, -0.2) is 35.3 Å². The normalized spacial score (nSPS) is 24.0. The number of benzene rings is 1. The third-order valence-electron chi connectivity index (χ3n) is 4.04. The van der Waals surface area contributed by atoms with Gasteiger partial charge in [0.1, 0.15) is 5.75 Å². The van der Waals surface area contributed by atoms with Crippen LogP contribution in [0.3, 0.4) is 0 Å².